The Morgan fingerprint density at radius 1 is 1.09 bits per heavy atom. The van der Waals surface area contributed by atoms with Crippen molar-refractivity contribution in [3.63, 3.8) is 0 Å². The van der Waals surface area contributed by atoms with Crippen LogP contribution in [0.1, 0.15) is 28.9 Å². The molecule has 2 amide bonds. The zero-order valence-corrected chi connectivity index (χ0v) is 18.0. The highest BCUT2D eigenvalue weighted by Crippen LogP contribution is 2.35. The lowest BCUT2D eigenvalue weighted by molar-refractivity contribution is -0.143. The summed E-state index contributed by atoms with van der Waals surface area (Å²) in [5.41, 5.74) is -0.994. The minimum atomic E-state index is -4.81. The second-order valence-electron chi connectivity index (χ2n) is 7.59. The second-order valence-corrected chi connectivity index (χ2v) is 8.02. The number of benzene rings is 1. The van der Waals surface area contributed by atoms with Gasteiger partial charge in [0, 0.05) is 42.1 Å². The van der Waals surface area contributed by atoms with Gasteiger partial charge >= 0.3 is 6.18 Å². The van der Waals surface area contributed by atoms with Crippen molar-refractivity contribution < 1.29 is 22.8 Å². The fourth-order valence-electron chi connectivity index (χ4n) is 3.78. The average molecular weight is 478 g/mol. The molecule has 0 bridgehead atoms. The first-order valence-electron chi connectivity index (χ1n) is 10.2. The summed E-state index contributed by atoms with van der Waals surface area (Å²) in [6.45, 7) is 0.319. The van der Waals surface area contributed by atoms with E-state index in [4.69, 9.17) is 11.6 Å². The predicted octanol–water partition coefficient (Wildman–Crippen LogP) is 4.43. The SMILES string of the molecule is O=C(Nc1ccncc1)C1CCN(C(=O)c2cnn(-c3cccc(Cl)c3)c2C(F)(F)F)CC1. The summed E-state index contributed by atoms with van der Waals surface area (Å²) in [4.78, 5) is 30.7. The van der Waals surface area contributed by atoms with E-state index in [9.17, 15) is 22.8 Å². The maximum Gasteiger partial charge on any atom is 0.434 e. The Balaban J connectivity index is 1.49. The summed E-state index contributed by atoms with van der Waals surface area (Å²) < 4.78 is 42.4. The Bertz CT molecular complexity index is 1160. The number of carbonyl (C=O) groups excluding carboxylic acids is 2. The van der Waals surface area contributed by atoms with Crippen LogP contribution >= 0.6 is 11.6 Å². The summed E-state index contributed by atoms with van der Waals surface area (Å²) in [6.07, 6.45) is -0.100. The summed E-state index contributed by atoms with van der Waals surface area (Å²) in [5, 5.41) is 6.85. The van der Waals surface area contributed by atoms with E-state index in [0.29, 0.717) is 23.2 Å². The van der Waals surface area contributed by atoms with Gasteiger partial charge in [-0.25, -0.2) is 4.68 Å². The number of aromatic nitrogens is 3. The van der Waals surface area contributed by atoms with Crippen LogP contribution in [0, 0.1) is 5.92 Å². The van der Waals surface area contributed by atoms with Gasteiger partial charge in [0.05, 0.1) is 17.4 Å². The van der Waals surface area contributed by atoms with Crippen LogP contribution in [0.2, 0.25) is 5.02 Å². The third kappa shape index (κ3) is 5.00. The van der Waals surface area contributed by atoms with Gasteiger partial charge in [-0.2, -0.15) is 18.3 Å². The van der Waals surface area contributed by atoms with E-state index >= 15 is 0 Å². The number of hydrogen-bond donors (Lipinski definition) is 1. The van der Waals surface area contributed by atoms with Crippen molar-refractivity contribution in [2.45, 2.75) is 19.0 Å². The minimum Gasteiger partial charge on any atom is -0.338 e. The minimum absolute atomic E-state index is 0.0976. The number of piperidine rings is 1. The molecule has 0 spiro atoms. The van der Waals surface area contributed by atoms with Crippen molar-refractivity contribution >= 4 is 29.1 Å². The third-order valence-corrected chi connectivity index (χ3v) is 5.66. The van der Waals surface area contributed by atoms with Gasteiger partial charge in [0.2, 0.25) is 5.91 Å². The molecule has 0 radical (unpaired) electrons. The first-order valence-corrected chi connectivity index (χ1v) is 10.5. The number of carbonyl (C=O) groups is 2. The number of pyridine rings is 1. The van der Waals surface area contributed by atoms with Crippen molar-refractivity contribution in [1.82, 2.24) is 19.7 Å². The number of nitrogens with one attached hydrogen (secondary N) is 1. The highest BCUT2D eigenvalue weighted by atomic mass is 35.5. The van der Waals surface area contributed by atoms with Gasteiger partial charge in [-0.3, -0.25) is 14.6 Å². The molecular weight excluding hydrogens is 459 g/mol. The Kier molecular flexibility index (Phi) is 6.37. The van der Waals surface area contributed by atoms with Gasteiger partial charge in [-0.05, 0) is 43.2 Å². The molecule has 3 aromatic rings. The van der Waals surface area contributed by atoms with Gasteiger partial charge in [0.25, 0.3) is 5.91 Å². The van der Waals surface area contributed by atoms with E-state index in [2.05, 4.69) is 15.4 Å². The third-order valence-electron chi connectivity index (χ3n) is 5.42. The van der Waals surface area contributed by atoms with Gasteiger partial charge < -0.3 is 10.2 Å². The van der Waals surface area contributed by atoms with E-state index in [0.717, 1.165) is 6.20 Å². The smallest absolute Gasteiger partial charge is 0.338 e. The molecule has 0 saturated carbocycles. The lowest BCUT2D eigenvalue weighted by atomic mass is 9.95. The Morgan fingerprint density at radius 2 is 1.79 bits per heavy atom. The highest BCUT2D eigenvalue weighted by molar-refractivity contribution is 6.30. The quantitative estimate of drug-likeness (QED) is 0.603. The van der Waals surface area contributed by atoms with Crippen LogP contribution in [-0.2, 0) is 11.0 Å². The molecule has 33 heavy (non-hydrogen) atoms. The summed E-state index contributed by atoms with van der Waals surface area (Å²) in [7, 11) is 0. The van der Waals surface area contributed by atoms with Crippen molar-refractivity contribution in [2.75, 3.05) is 18.4 Å². The van der Waals surface area contributed by atoms with Crippen LogP contribution in [0.25, 0.3) is 5.69 Å². The standard InChI is InChI=1S/C22H19ClF3N5O2/c23-15-2-1-3-17(12-15)31-19(22(24,25)26)18(13-28-31)21(33)30-10-6-14(7-11-30)20(32)29-16-4-8-27-9-5-16/h1-5,8-9,12-14H,6-7,10-11H2,(H,27,29,32). The maximum absolute atomic E-state index is 13.9. The van der Waals surface area contributed by atoms with Crippen LogP contribution in [0.4, 0.5) is 18.9 Å². The molecular formula is C22H19ClF3N5O2. The van der Waals surface area contributed by atoms with Crippen molar-refractivity contribution in [2.24, 2.45) is 5.92 Å². The molecule has 11 heteroatoms. The zero-order valence-electron chi connectivity index (χ0n) is 17.2. The summed E-state index contributed by atoms with van der Waals surface area (Å²) >= 11 is 5.91. The van der Waals surface area contributed by atoms with Crippen molar-refractivity contribution in [3.05, 3.63) is 71.3 Å². The molecule has 0 unspecified atom stereocenters. The van der Waals surface area contributed by atoms with Crippen LogP contribution in [-0.4, -0.2) is 44.6 Å². The number of nitrogens with zero attached hydrogens (tertiary/aromatic N) is 4. The maximum atomic E-state index is 13.9. The van der Waals surface area contributed by atoms with Gasteiger partial charge in [0.15, 0.2) is 5.69 Å². The van der Waals surface area contributed by atoms with Crippen molar-refractivity contribution in [1.29, 1.82) is 0 Å². The van der Waals surface area contributed by atoms with E-state index in [1.54, 1.807) is 24.5 Å². The van der Waals surface area contributed by atoms with Gasteiger partial charge in [0.1, 0.15) is 0 Å². The lowest BCUT2D eigenvalue weighted by Gasteiger charge is -2.31. The van der Waals surface area contributed by atoms with E-state index in [-0.39, 0.29) is 35.6 Å². The number of hydrogen-bond acceptors (Lipinski definition) is 4. The lowest BCUT2D eigenvalue weighted by Crippen LogP contribution is -2.42. The molecule has 4 rings (SSSR count). The summed E-state index contributed by atoms with van der Waals surface area (Å²) in [5.74, 6) is -1.32. The monoisotopic (exact) mass is 477 g/mol. The van der Waals surface area contributed by atoms with Crippen LogP contribution in [0.5, 0.6) is 0 Å². The number of halogens is 4. The number of amides is 2. The molecule has 0 aliphatic carbocycles. The molecule has 1 fully saturated rings. The predicted molar refractivity (Wildman–Crippen MR) is 115 cm³/mol. The van der Waals surface area contributed by atoms with Crippen LogP contribution < -0.4 is 5.32 Å². The fourth-order valence-corrected chi connectivity index (χ4v) is 3.96. The molecule has 1 aliphatic rings. The second kappa shape index (κ2) is 9.22. The fraction of sp³-hybridized carbons (Fsp3) is 0.273. The molecule has 7 nitrogen and oxygen atoms in total. The van der Waals surface area contributed by atoms with E-state index in [1.165, 1.54) is 29.2 Å². The average Bonchev–Trinajstić information content (AvgIpc) is 3.25. The largest absolute Gasteiger partial charge is 0.434 e. The van der Waals surface area contributed by atoms with Crippen molar-refractivity contribution in [3.8, 4) is 5.69 Å². The molecule has 3 heterocycles. The first kappa shape index (κ1) is 22.8. The number of alkyl halides is 3. The Hall–Kier alpha value is -3.40. The molecule has 1 aliphatic heterocycles. The Morgan fingerprint density at radius 3 is 2.42 bits per heavy atom. The van der Waals surface area contributed by atoms with Crippen LogP contribution in [0.15, 0.2) is 55.0 Å². The molecule has 0 atom stereocenters. The van der Waals surface area contributed by atoms with Gasteiger partial charge in [-0.1, -0.05) is 17.7 Å². The molecule has 2 aromatic heterocycles. The topological polar surface area (TPSA) is 80.1 Å². The molecule has 1 N–H and O–H groups in total. The first-order chi connectivity index (χ1) is 15.7. The van der Waals surface area contributed by atoms with E-state index < -0.39 is 23.3 Å². The molecule has 1 saturated heterocycles. The number of likely N-dealkylation sites (tertiary alicyclic amines) is 1. The zero-order chi connectivity index (χ0) is 23.6. The number of rotatable bonds is 4. The van der Waals surface area contributed by atoms with E-state index in [1.807, 2.05) is 0 Å². The summed E-state index contributed by atoms with van der Waals surface area (Å²) in [6, 6.07) is 9.12. The van der Waals surface area contributed by atoms with Gasteiger partial charge in [-0.15, -0.1) is 0 Å². The molecule has 1 aromatic carbocycles. The Labute approximate surface area is 192 Å². The normalized spacial score (nSPS) is 14.8. The number of anilines is 1. The highest BCUT2D eigenvalue weighted by Gasteiger charge is 2.42. The molecule has 172 valence electrons. The van der Waals surface area contributed by atoms with Crippen LogP contribution in [0.3, 0.4) is 0 Å².